The highest BCUT2D eigenvalue weighted by molar-refractivity contribution is 5.25. The number of benzene rings is 1. The zero-order valence-corrected chi connectivity index (χ0v) is 11.0. The molecule has 18 heavy (non-hydrogen) atoms. The molecule has 1 saturated carbocycles. The van der Waals surface area contributed by atoms with Gasteiger partial charge in [-0.2, -0.15) is 0 Å². The van der Waals surface area contributed by atoms with Crippen molar-refractivity contribution in [2.24, 2.45) is 0 Å². The van der Waals surface area contributed by atoms with E-state index in [-0.39, 0.29) is 5.82 Å². The third-order valence-corrected chi connectivity index (χ3v) is 3.29. The molecule has 0 atom stereocenters. The van der Waals surface area contributed by atoms with Gasteiger partial charge in [-0.05, 0) is 31.5 Å². The fraction of sp³-hybridized carbons (Fsp3) is 0.467. The lowest BCUT2D eigenvalue weighted by Crippen LogP contribution is -2.26. The monoisotopic (exact) mass is 248 g/mol. The van der Waals surface area contributed by atoms with E-state index in [0.717, 1.165) is 24.2 Å². The van der Waals surface area contributed by atoms with Gasteiger partial charge in [-0.3, -0.25) is 4.90 Å². The number of hydrogen-bond acceptors (Lipinski definition) is 2. The van der Waals surface area contributed by atoms with Crippen LogP contribution in [0.5, 0.6) is 0 Å². The van der Waals surface area contributed by atoms with Crippen molar-refractivity contribution in [2.45, 2.75) is 32.0 Å². The van der Waals surface area contributed by atoms with Crippen molar-refractivity contribution in [1.29, 1.82) is 0 Å². The highest BCUT2D eigenvalue weighted by Gasteiger charge is 2.28. The van der Waals surface area contributed by atoms with E-state index < -0.39 is 0 Å². The molecule has 2 rings (SSSR count). The summed E-state index contributed by atoms with van der Waals surface area (Å²) < 4.78 is 13.8. The van der Waals surface area contributed by atoms with E-state index in [1.165, 1.54) is 12.8 Å². The smallest absolute Gasteiger partial charge is 0.127 e. The molecule has 1 N–H and O–H groups in total. The lowest BCUT2D eigenvalue weighted by Gasteiger charge is -2.20. The summed E-state index contributed by atoms with van der Waals surface area (Å²) in [6.45, 7) is 6.07. The fourth-order valence-electron chi connectivity index (χ4n) is 2.23. The Morgan fingerprint density at radius 2 is 2.28 bits per heavy atom. The van der Waals surface area contributed by atoms with Crippen molar-refractivity contribution < 1.29 is 4.39 Å². The second-order valence-corrected chi connectivity index (χ2v) is 4.91. The van der Waals surface area contributed by atoms with E-state index in [9.17, 15) is 4.39 Å². The van der Waals surface area contributed by atoms with Crippen LogP contribution in [0.25, 0.3) is 0 Å². The van der Waals surface area contributed by atoms with Crippen LogP contribution in [0.15, 0.2) is 30.9 Å². The molecule has 1 fully saturated rings. The Balaban J connectivity index is 2.10. The summed E-state index contributed by atoms with van der Waals surface area (Å²) in [4.78, 5) is 2.30. The van der Waals surface area contributed by atoms with Crippen LogP contribution in [0.2, 0.25) is 0 Å². The number of rotatable bonds is 7. The Morgan fingerprint density at radius 1 is 1.50 bits per heavy atom. The second-order valence-electron chi connectivity index (χ2n) is 4.91. The van der Waals surface area contributed by atoms with Gasteiger partial charge in [0.15, 0.2) is 0 Å². The van der Waals surface area contributed by atoms with E-state index >= 15 is 0 Å². The lowest BCUT2D eigenvalue weighted by molar-refractivity contribution is 0.279. The Kier molecular flexibility index (Phi) is 4.50. The first-order chi connectivity index (χ1) is 8.74. The molecular weight excluding hydrogens is 227 g/mol. The molecule has 0 spiro atoms. The van der Waals surface area contributed by atoms with Gasteiger partial charge < -0.3 is 5.32 Å². The minimum Gasteiger partial charge on any atom is -0.316 e. The standard InChI is InChI=1S/C15H21FN2/c1-3-8-18(14-5-6-14)11-13-9-12(10-17-2)4-7-15(13)16/h3-4,7,9,14,17H,1,5-6,8,10-11H2,2H3. The van der Waals surface area contributed by atoms with Gasteiger partial charge in [0, 0.05) is 31.2 Å². The van der Waals surface area contributed by atoms with Crippen molar-refractivity contribution >= 4 is 0 Å². The van der Waals surface area contributed by atoms with Crippen LogP contribution in [0.4, 0.5) is 4.39 Å². The Hall–Kier alpha value is -1.19. The third-order valence-electron chi connectivity index (χ3n) is 3.29. The van der Waals surface area contributed by atoms with Crippen molar-refractivity contribution in [3.05, 3.63) is 47.8 Å². The van der Waals surface area contributed by atoms with Gasteiger partial charge >= 0.3 is 0 Å². The van der Waals surface area contributed by atoms with Gasteiger partial charge in [-0.1, -0.05) is 18.2 Å². The molecule has 0 bridgehead atoms. The summed E-state index contributed by atoms with van der Waals surface area (Å²) in [7, 11) is 1.90. The summed E-state index contributed by atoms with van der Waals surface area (Å²) in [5.74, 6) is -0.107. The Labute approximate surface area is 108 Å². The molecule has 0 radical (unpaired) electrons. The molecule has 0 aliphatic heterocycles. The van der Waals surface area contributed by atoms with Crippen molar-refractivity contribution in [1.82, 2.24) is 10.2 Å². The van der Waals surface area contributed by atoms with Gasteiger partial charge in [0.05, 0.1) is 0 Å². The van der Waals surface area contributed by atoms with Crippen LogP contribution in [0, 0.1) is 5.82 Å². The number of nitrogens with zero attached hydrogens (tertiary/aromatic N) is 1. The quantitative estimate of drug-likeness (QED) is 0.746. The molecule has 2 nitrogen and oxygen atoms in total. The largest absolute Gasteiger partial charge is 0.316 e. The molecule has 1 aromatic carbocycles. The van der Waals surface area contributed by atoms with Gasteiger partial charge in [-0.15, -0.1) is 6.58 Å². The lowest BCUT2D eigenvalue weighted by atomic mass is 10.1. The maximum absolute atomic E-state index is 13.8. The molecule has 0 saturated heterocycles. The minimum absolute atomic E-state index is 0.107. The van der Waals surface area contributed by atoms with Gasteiger partial charge in [0.25, 0.3) is 0 Å². The highest BCUT2D eigenvalue weighted by Crippen LogP contribution is 2.28. The van der Waals surface area contributed by atoms with E-state index in [1.54, 1.807) is 6.07 Å². The first-order valence-electron chi connectivity index (χ1n) is 6.51. The Bertz CT molecular complexity index is 413. The van der Waals surface area contributed by atoms with E-state index in [4.69, 9.17) is 0 Å². The summed E-state index contributed by atoms with van der Waals surface area (Å²) in [6, 6.07) is 5.99. The van der Waals surface area contributed by atoms with Crippen molar-refractivity contribution in [2.75, 3.05) is 13.6 Å². The molecule has 0 amide bonds. The minimum atomic E-state index is -0.107. The average Bonchev–Trinajstić information content (AvgIpc) is 3.17. The van der Waals surface area contributed by atoms with Crippen LogP contribution < -0.4 is 5.32 Å². The van der Waals surface area contributed by atoms with Crippen molar-refractivity contribution in [3.8, 4) is 0 Å². The van der Waals surface area contributed by atoms with Gasteiger partial charge in [0.1, 0.15) is 5.82 Å². The summed E-state index contributed by atoms with van der Waals surface area (Å²) in [6.07, 6.45) is 4.35. The maximum Gasteiger partial charge on any atom is 0.127 e. The molecule has 0 aromatic heterocycles. The van der Waals surface area contributed by atoms with Crippen LogP contribution in [0.1, 0.15) is 24.0 Å². The Morgan fingerprint density at radius 3 is 2.89 bits per heavy atom. The summed E-state index contributed by atoms with van der Waals surface area (Å²) >= 11 is 0. The maximum atomic E-state index is 13.8. The van der Waals surface area contributed by atoms with E-state index in [0.29, 0.717) is 12.6 Å². The second kappa shape index (κ2) is 6.12. The molecule has 1 aliphatic carbocycles. The number of nitrogens with one attached hydrogen (secondary N) is 1. The van der Waals surface area contributed by atoms with Crippen LogP contribution >= 0.6 is 0 Å². The molecule has 3 heteroatoms. The van der Waals surface area contributed by atoms with Crippen LogP contribution in [-0.4, -0.2) is 24.5 Å². The molecular formula is C15H21FN2. The summed E-state index contributed by atoms with van der Waals surface area (Å²) in [5, 5.41) is 3.09. The SMILES string of the molecule is C=CCN(Cc1cc(CNC)ccc1F)C1CC1. The van der Waals surface area contributed by atoms with Gasteiger partial charge in [-0.25, -0.2) is 4.39 Å². The van der Waals surface area contributed by atoms with Crippen molar-refractivity contribution in [3.63, 3.8) is 0 Å². The number of halogens is 1. The number of hydrogen-bond donors (Lipinski definition) is 1. The van der Waals surface area contributed by atoms with Gasteiger partial charge in [0.2, 0.25) is 0 Å². The first kappa shape index (κ1) is 13.2. The first-order valence-corrected chi connectivity index (χ1v) is 6.51. The molecule has 1 aromatic rings. The molecule has 1 aliphatic rings. The molecule has 0 unspecified atom stereocenters. The third kappa shape index (κ3) is 3.40. The fourth-order valence-corrected chi connectivity index (χ4v) is 2.23. The molecule has 98 valence electrons. The topological polar surface area (TPSA) is 15.3 Å². The predicted octanol–water partition coefficient (Wildman–Crippen LogP) is 2.70. The summed E-state index contributed by atoms with van der Waals surface area (Å²) in [5.41, 5.74) is 1.92. The highest BCUT2D eigenvalue weighted by atomic mass is 19.1. The normalized spacial score (nSPS) is 15.1. The zero-order chi connectivity index (χ0) is 13.0. The van der Waals surface area contributed by atoms with E-state index in [1.807, 2.05) is 25.3 Å². The zero-order valence-electron chi connectivity index (χ0n) is 11.0. The van der Waals surface area contributed by atoms with Crippen LogP contribution in [-0.2, 0) is 13.1 Å². The van der Waals surface area contributed by atoms with E-state index in [2.05, 4.69) is 16.8 Å². The predicted molar refractivity (Wildman–Crippen MR) is 72.8 cm³/mol. The van der Waals surface area contributed by atoms with Crippen LogP contribution in [0.3, 0.4) is 0 Å². The average molecular weight is 248 g/mol. The molecule has 0 heterocycles.